The van der Waals surface area contributed by atoms with Gasteiger partial charge in [-0.05, 0) is 54.6 Å². The Kier molecular flexibility index (Phi) is 4.93. The number of nitrogens with zero attached hydrogens (tertiary/aromatic N) is 1. The first-order chi connectivity index (χ1) is 12.8. The molecule has 0 radical (unpaired) electrons. The van der Waals surface area contributed by atoms with E-state index in [2.05, 4.69) is 5.32 Å². The van der Waals surface area contributed by atoms with Gasteiger partial charge in [0.2, 0.25) is 5.76 Å². The zero-order valence-corrected chi connectivity index (χ0v) is 14.2. The zero-order valence-electron chi connectivity index (χ0n) is 13.5. The number of carbonyl (C=O) groups excluding carboxylic acids is 1. The Morgan fingerprint density at radius 1 is 1.07 bits per heavy atom. The SMILES string of the molecule is N#Cc1ccc(NC(=O)c2cc(-c3ccc(Cl)cc3)oc2C(F)(F)F)cc1. The number of nitrogens with one attached hydrogen (secondary N) is 1. The molecule has 1 N–H and O–H groups in total. The van der Waals surface area contributed by atoms with Crippen LogP contribution in [0.4, 0.5) is 18.9 Å². The number of amides is 1. The average Bonchev–Trinajstić information content (AvgIpc) is 3.09. The van der Waals surface area contributed by atoms with Crippen molar-refractivity contribution >= 4 is 23.2 Å². The van der Waals surface area contributed by atoms with Gasteiger partial charge in [-0.25, -0.2) is 0 Å². The summed E-state index contributed by atoms with van der Waals surface area (Å²) >= 11 is 5.78. The van der Waals surface area contributed by atoms with Gasteiger partial charge in [0.25, 0.3) is 5.91 Å². The van der Waals surface area contributed by atoms with Gasteiger partial charge in [0, 0.05) is 16.3 Å². The van der Waals surface area contributed by atoms with Gasteiger partial charge < -0.3 is 9.73 Å². The van der Waals surface area contributed by atoms with Crippen LogP contribution in [0.3, 0.4) is 0 Å². The summed E-state index contributed by atoms with van der Waals surface area (Å²) in [5.41, 5.74) is 0.317. The number of alkyl halides is 3. The largest absolute Gasteiger partial charge is 0.451 e. The minimum absolute atomic E-state index is 0.107. The number of anilines is 1. The molecule has 3 aromatic rings. The third-order valence-corrected chi connectivity index (χ3v) is 3.89. The maximum atomic E-state index is 13.3. The lowest BCUT2D eigenvalue weighted by Crippen LogP contribution is -2.16. The van der Waals surface area contributed by atoms with Crippen molar-refractivity contribution in [3.63, 3.8) is 0 Å². The van der Waals surface area contributed by atoms with Gasteiger partial charge in [0.05, 0.1) is 17.2 Å². The third kappa shape index (κ3) is 4.13. The van der Waals surface area contributed by atoms with Crippen LogP contribution in [0.2, 0.25) is 5.02 Å². The van der Waals surface area contributed by atoms with Crippen LogP contribution in [0.15, 0.2) is 59.0 Å². The number of rotatable bonds is 3. The van der Waals surface area contributed by atoms with Crippen LogP contribution in [0.1, 0.15) is 21.7 Å². The average molecular weight is 391 g/mol. The Labute approximate surface area is 156 Å². The van der Waals surface area contributed by atoms with Crippen LogP contribution in [0.5, 0.6) is 0 Å². The van der Waals surface area contributed by atoms with E-state index in [1.165, 1.54) is 48.5 Å². The molecule has 3 rings (SSSR count). The van der Waals surface area contributed by atoms with E-state index in [4.69, 9.17) is 21.3 Å². The van der Waals surface area contributed by atoms with Gasteiger partial charge in [-0.3, -0.25) is 4.79 Å². The summed E-state index contributed by atoms with van der Waals surface area (Å²) in [7, 11) is 0. The van der Waals surface area contributed by atoms with Gasteiger partial charge >= 0.3 is 6.18 Å². The lowest BCUT2D eigenvalue weighted by Gasteiger charge is -2.07. The molecule has 0 unspecified atom stereocenters. The normalized spacial score (nSPS) is 11.1. The lowest BCUT2D eigenvalue weighted by molar-refractivity contribution is -0.153. The van der Waals surface area contributed by atoms with Crippen molar-refractivity contribution in [3.8, 4) is 17.4 Å². The fourth-order valence-electron chi connectivity index (χ4n) is 2.35. The van der Waals surface area contributed by atoms with Crippen molar-refractivity contribution in [2.45, 2.75) is 6.18 Å². The molecule has 0 aliphatic heterocycles. The first-order valence-corrected chi connectivity index (χ1v) is 7.94. The molecule has 0 saturated heterocycles. The highest BCUT2D eigenvalue weighted by Gasteiger charge is 2.40. The van der Waals surface area contributed by atoms with Crippen LogP contribution in [0, 0.1) is 11.3 Å². The van der Waals surface area contributed by atoms with E-state index < -0.39 is 23.4 Å². The monoisotopic (exact) mass is 390 g/mol. The maximum absolute atomic E-state index is 13.3. The Morgan fingerprint density at radius 3 is 2.26 bits per heavy atom. The maximum Gasteiger partial charge on any atom is 0.450 e. The van der Waals surface area contributed by atoms with Crippen LogP contribution in [-0.4, -0.2) is 5.91 Å². The van der Waals surface area contributed by atoms with Crippen LogP contribution in [-0.2, 0) is 6.18 Å². The molecule has 0 saturated carbocycles. The van der Waals surface area contributed by atoms with Gasteiger partial charge in [-0.15, -0.1) is 0 Å². The number of hydrogen-bond acceptors (Lipinski definition) is 3. The highest BCUT2D eigenvalue weighted by Crippen LogP contribution is 2.37. The number of hydrogen-bond donors (Lipinski definition) is 1. The lowest BCUT2D eigenvalue weighted by atomic mass is 10.1. The van der Waals surface area contributed by atoms with Crippen LogP contribution in [0.25, 0.3) is 11.3 Å². The molecule has 0 bridgehead atoms. The molecule has 1 amide bonds. The first-order valence-electron chi connectivity index (χ1n) is 7.56. The van der Waals surface area contributed by atoms with Crippen molar-refractivity contribution in [3.05, 3.63) is 76.5 Å². The van der Waals surface area contributed by atoms with Crippen LogP contribution < -0.4 is 5.32 Å². The summed E-state index contributed by atoms with van der Waals surface area (Å²) in [6.45, 7) is 0. The molecule has 0 fully saturated rings. The summed E-state index contributed by atoms with van der Waals surface area (Å²) in [6.07, 6.45) is -4.85. The second-order valence-corrected chi connectivity index (χ2v) is 5.94. The van der Waals surface area contributed by atoms with Gasteiger partial charge in [0.15, 0.2) is 0 Å². The van der Waals surface area contributed by atoms with E-state index in [0.29, 0.717) is 16.1 Å². The Balaban J connectivity index is 1.96. The topological polar surface area (TPSA) is 66.0 Å². The Bertz CT molecular complexity index is 1020. The summed E-state index contributed by atoms with van der Waals surface area (Å²) < 4.78 is 44.9. The van der Waals surface area contributed by atoms with E-state index in [9.17, 15) is 18.0 Å². The molecule has 27 heavy (non-hydrogen) atoms. The molecule has 8 heteroatoms. The second-order valence-electron chi connectivity index (χ2n) is 5.50. The number of halogens is 4. The van der Waals surface area contributed by atoms with Crippen LogP contribution >= 0.6 is 11.6 Å². The van der Waals surface area contributed by atoms with Crippen molar-refractivity contribution in [1.82, 2.24) is 0 Å². The minimum Gasteiger partial charge on any atom is -0.451 e. The van der Waals surface area contributed by atoms with Gasteiger partial charge in [0.1, 0.15) is 5.76 Å². The molecule has 4 nitrogen and oxygen atoms in total. The quantitative estimate of drug-likeness (QED) is 0.619. The smallest absolute Gasteiger partial charge is 0.450 e. The Hall–Kier alpha value is -3.24. The van der Waals surface area contributed by atoms with Crippen molar-refractivity contribution < 1.29 is 22.4 Å². The zero-order chi connectivity index (χ0) is 19.6. The predicted octanol–water partition coefficient (Wildman–Crippen LogP) is 5.74. The number of nitriles is 1. The molecule has 1 heterocycles. The van der Waals surface area contributed by atoms with E-state index >= 15 is 0 Å². The molecule has 0 atom stereocenters. The number of benzene rings is 2. The molecule has 136 valence electrons. The molecule has 1 aromatic heterocycles. The summed E-state index contributed by atoms with van der Waals surface area (Å²) in [5.74, 6) is -2.47. The summed E-state index contributed by atoms with van der Waals surface area (Å²) in [6, 6.07) is 14.6. The van der Waals surface area contributed by atoms with Crippen molar-refractivity contribution in [1.29, 1.82) is 5.26 Å². The summed E-state index contributed by atoms with van der Waals surface area (Å²) in [5, 5.41) is 11.5. The van der Waals surface area contributed by atoms with E-state index in [1.54, 1.807) is 0 Å². The van der Waals surface area contributed by atoms with Crippen molar-refractivity contribution in [2.24, 2.45) is 0 Å². The first kappa shape index (κ1) is 18.5. The molecule has 0 aliphatic rings. The second kappa shape index (κ2) is 7.17. The van der Waals surface area contributed by atoms with Crippen molar-refractivity contribution in [2.75, 3.05) is 5.32 Å². The number of furan rings is 1. The van der Waals surface area contributed by atoms with E-state index in [0.717, 1.165) is 6.07 Å². The molecule has 0 spiro atoms. The van der Waals surface area contributed by atoms with Gasteiger partial charge in [-0.1, -0.05) is 11.6 Å². The highest BCUT2D eigenvalue weighted by molar-refractivity contribution is 6.30. The fraction of sp³-hybridized carbons (Fsp3) is 0.0526. The number of carbonyl (C=O) groups is 1. The van der Waals surface area contributed by atoms with E-state index in [1.807, 2.05) is 6.07 Å². The molecule has 2 aromatic carbocycles. The molecular weight excluding hydrogens is 381 g/mol. The fourth-order valence-corrected chi connectivity index (χ4v) is 2.48. The Morgan fingerprint density at radius 2 is 1.70 bits per heavy atom. The summed E-state index contributed by atoms with van der Waals surface area (Å²) in [4.78, 5) is 12.4. The molecular formula is C19H10ClF3N2O2. The van der Waals surface area contributed by atoms with Gasteiger partial charge in [-0.2, -0.15) is 18.4 Å². The highest BCUT2D eigenvalue weighted by atomic mass is 35.5. The van der Waals surface area contributed by atoms with E-state index in [-0.39, 0.29) is 11.4 Å². The molecule has 0 aliphatic carbocycles. The predicted molar refractivity (Wildman–Crippen MR) is 93.3 cm³/mol. The standard InChI is InChI=1S/C19H10ClF3N2O2/c20-13-5-3-12(4-6-13)16-9-15(17(27-16)19(21,22)23)18(26)25-14-7-1-11(10-24)2-8-14/h1-9H,(H,25,26). The third-order valence-electron chi connectivity index (χ3n) is 3.63. The minimum atomic E-state index is -4.85.